The average Bonchev–Trinajstić information content (AvgIpc) is 2.46. The Bertz CT molecular complexity index is 369. The number of aliphatic hydroxyl groups is 1. The SMILES string of the molecule is CCC(O)(CC)COc1ccc(CNCC(C)C)cc1. The van der Waals surface area contributed by atoms with Gasteiger partial charge in [-0.15, -0.1) is 0 Å². The summed E-state index contributed by atoms with van der Waals surface area (Å²) >= 11 is 0. The highest BCUT2D eigenvalue weighted by atomic mass is 16.5. The first kappa shape index (κ1) is 17.0. The summed E-state index contributed by atoms with van der Waals surface area (Å²) in [7, 11) is 0. The van der Waals surface area contributed by atoms with Crippen molar-refractivity contribution in [2.75, 3.05) is 13.2 Å². The summed E-state index contributed by atoms with van der Waals surface area (Å²) in [5.74, 6) is 1.48. The predicted octanol–water partition coefficient (Wildman–Crippen LogP) is 3.36. The molecule has 3 heteroatoms. The van der Waals surface area contributed by atoms with Crippen LogP contribution in [-0.2, 0) is 6.54 Å². The summed E-state index contributed by atoms with van der Waals surface area (Å²) in [6, 6.07) is 8.08. The fourth-order valence-corrected chi connectivity index (χ4v) is 1.88. The summed E-state index contributed by atoms with van der Waals surface area (Å²) in [5.41, 5.74) is 0.538. The van der Waals surface area contributed by atoms with Gasteiger partial charge in [-0.2, -0.15) is 0 Å². The molecule has 0 saturated heterocycles. The molecule has 0 aliphatic carbocycles. The summed E-state index contributed by atoms with van der Waals surface area (Å²) in [6.07, 6.45) is 1.42. The van der Waals surface area contributed by atoms with Gasteiger partial charge in [-0.1, -0.05) is 39.8 Å². The predicted molar refractivity (Wildman–Crippen MR) is 84.0 cm³/mol. The van der Waals surface area contributed by atoms with E-state index in [4.69, 9.17) is 4.74 Å². The van der Waals surface area contributed by atoms with E-state index in [9.17, 15) is 5.11 Å². The van der Waals surface area contributed by atoms with Crippen LogP contribution >= 0.6 is 0 Å². The second-order valence-electron chi connectivity index (χ2n) is 5.89. The number of rotatable bonds is 9. The van der Waals surface area contributed by atoms with Crippen molar-refractivity contribution in [2.45, 2.75) is 52.7 Å². The Morgan fingerprint density at radius 3 is 2.25 bits per heavy atom. The first-order valence-corrected chi connectivity index (χ1v) is 7.64. The number of benzene rings is 1. The Morgan fingerprint density at radius 1 is 1.15 bits per heavy atom. The third-order valence-corrected chi connectivity index (χ3v) is 3.63. The van der Waals surface area contributed by atoms with E-state index in [0.29, 0.717) is 25.4 Å². The monoisotopic (exact) mass is 279 g/mol. The molecule has 1 rings (SSSR count). The van der Waals surface area contributed by atoms with Crippen LogP contribution in [0.5, 0.6) is 5.75 Å². The van der Waals surface area contributed by atoms with E-state index in [-0.39, 0.29) is 0 Å². The molecular weight excluding hydrogens is 250 g/mol. The number of hydrogen-bond acceptors (Lipinski definition) is 3. The number of ether oxygens (including phenoxy) is 1. The number of nitrogens with one attached hydrogen (secondary N) is 1. The van der Waals surface area contributed by atoms with Gasteiger partial charge in [0.15, 0.2) is 0 Å². The minimum atomic E-state index is -0.711. The Morgan fingerprint density at radius 2 is 1.75 bits per heavy atom. The molecule has 114 valence electrons. The Hall–Kier alpha value is -1.06. The van der Waals surface area contributed by atoms with Gasteiger partial charge in [0.1, 0.15) is 12.4 Å². The summed E-state index contributed by atoms with van der Waals surface area (Å²) in [5, 5.41) is 13.6. The summed E-state index contributed by atoms with van der Waals surface area (Å²) < 4.78 is 5.68. The Labute approximate surface area is 123 Å². The van der Waals surface area contributed by atoms with Crippen LogP contribution in [0.3, 0.4) is 0 Å². The molecule has 0 aliphatic heterocycles. The van der Waals surface area contributed by atoms with E-state index in [1.165, 1.54) is 5.56 Å². The van der Waals surface area contributed by atoms with E-state index >= 15 is 0 Å². The van der Waals surface area contributed by atoms with Gasteiger partial charge in [0.05, 0.1) is 5.60 Å². The minimum Gasteiger partial charge on any atom is -0.491 e. The van der Waals surface area contributed by atoms with E-state index < -0.39 is 5.60 Å². The van der Waals surface area contributed by atoms with Crippen LogP contribution in [-0.4, -0.2) is 23.9 Å². The van der Waals surface area contributed by atoms with Gasteiger partial charge in [-0.3, -0.25) is 0 Å². The van der Waals surface area contributed by atoms with Gasteiger partial charge >= 0.3 is 0 Å². The molecule has 0 aromatic heterocycles. The smallest absolute Gasteiger partial charge is 0.119 e. The second-order valence-corrected chi connectivity index (χ2v) is 5.89. The van der Waals surface area contributed by atoms with Crippen molar-refractivity contribution in [3.8, 4) is 5.75 Å². The zero-order chi connectivity index (χ0) is 15.0. The topological polar surface area (TPSA) is 41.5 Å². The lowest BCUT2D eigenvalue weighted by molar-refractivity contribution is -0.0113. The summed E-state index contributed by atoms with van der Waals surface area (Å²) in [4.78, 5) is 0. The maximum atomic E-state index is 10.2. The van der Waals surface area contributed by atoms with Crippen LogP contribution in [0.4, 0.5) is 0 Å². The largest absolute Gasteiger partial charge is 0.491 e. The van der Waals surface area contributed by atoms with Gasteiger partial charge in [0, 0.05) is 6.54 Å². The van der Waals surface area contributed by atoms with Crippen molar-refractivity contribution < 1.29 is 9.84 Å². The fraction of sp³-hybridized carbons (Fsp3) is 0.647. The highest BCUT2D eigenvalue weighted by molar-refractivity contribution is 5.27. The molecule has 1 aromatic rings. The molecule has 0 amide bonds. The zero-order valence-corrected chi connectivity index (χ0v) is 13.3. The lowest BCUT2D eigenvalue weighted by atomic mass is 9.99. The fourth-order valence-electron chi connectivity index (χ4n) is 1.88. The van der Waals surface area contributed by atoms with Crippen molar-refractivity contribution in [1.29, 1.82) is 0 Å². The van der Waals surface area contributed by atoms with Crippen molar-refractivity contribution in [1.82, 2.24) is 5.32 Å². The van der Waals surface area contributed by atoms with Crippen LogP contribution in [0, 0.1) is 5.92 Å². The van der Waals surface area contributed by atoms with E-state index in [0.717, 1.165) is 18.8 Å². The molecule has 0 spiro atoms. The maximum Gasteiger partial charge on any atom is 0.119 e. The zero-order valence-electron chi connectivity index (χ0n) is 13.3. The molecule has 0 fully saturated rings. The minimum absolute atomic E-state index is 0.352. The van der Waals surface area contributed by atoms with Gasteiger partial charge in [0.2, 0.25) is 0 Å². The molecule has 0 unspecified atom stereocenters. The van der Waals surface area contributed by atoms with E-state index in [1.807, 2.05) is 26.0 Å². The van der Waals surface area contributed by atoms with Crippen molar-refractivity contribution in [2.24, 2.45) is 5.92 Å². The molecule has 2 N–H and O–H groups in total. The van der Waals surface area contributed by atoms with Crippen molar-refractivity contribution in [3.05, 3.63) is 29.8 Å². The Balaban J connectivity index is 2.42. The molecule has 20 heavy (non-hydrogen) atoms. The standard InChI is InChI=1S/C17H29NO2/c1-5-17(19,6-2)13-20-16-9-7-15(8-10-16)12-18-11-14(3)4/h7-10,14,18-19H,5-6,11-13H2,1-4H3. The molecule has 3 nitrogen and oxygen atoms in total. The highest BCUT2D eigenvalue weighted by Crippen LogP contribution is 2.18. The quantitative estimate of drug-likeness (QED) is 0.728. The van der Waals surface area contributed by atoms with Crippen molar-refractivity contribution >= 4 is 0 Å². The van der Waals surface area contributed by atoms with Gasteiger partial charge in [0.25, 0.3) is 0 Å². The average molecular weight is 279 g/mol. The second kappa shape index (κ2) is 8.28. The van der Waals surface area contributed by atoms with E-state index in [2.05, 4.69) is 31.3 Å². The van der Waals surface area contributed by atoms with Crippen LogP contribution in [0.25, 0.3) is 0 Å². The van der Waals surface area contributed by atoms with Crippen LogP contribution in [0.1, 0.15) is 46.1 Å². The molecular formula is C17H29NO2. The third kappa shape index (κ3) is 5.93. The lowest BCUT2D eigenvalue weighted by Crippen LogP contribution is -2.34. The van der Waals surface area contributed by atoms with E-state index in [1.54, 1.807) is 0 Å². The molecule has 0 radical (unpaired) electrons. The van der Waals surface area contributed by atoms with Crippen LogP contribution < -0.4 is 10.1 Å². The molecule has 0 atom stereocenters. The molecule has 0 heterocycles. The highest BCUT2D eigenvalue weighted by Gasteiger charge is 2.22. The first-order chi connectivity index (χ1) is 9.49. The molecule has 0 saturated carbocycles. The van der Waals surface area contributed by atoms with Gasteiger partial charge in [-0.25, -0.2) is 0 Å². The van der Waals surface area contributed by atoms with Gasteiger partial charge in [-0.05, 0) is 43.0 Å². The van der Waals surface area contributed by atoms with Gasteiger partial charge < -0.3 is 15.2 Å². The first-order valence-electron chi connectivity index (χ1n) is 7.64. The Kier molecular flexibility index (Phi) is 7.03. The molecule has 0 bridgehead atoms. The van der Waals surface area contributed by atoms with Crippen LogP contribution in [0.15, 0.2) is 24.3 Å². The number of hydrogen-bond donors (Lipinski definition) is 2. The maximum absolute atomic E-state index is 10.2. The summed E-state index contributed by atoms with van der Waals surface area (Å²) in [6.45, 7) is 10.6. The lowest BCUT2D eigenvalue weighted by Gasteiger charge is -2.25. The molecule has 0 aliphatic rings. The van der Waals surface area contributed by atoms with Crippen molar-refractivity contribution in [3.63, 3.8) is 0 Å². The van der Waals surface area contributed by atoms with Crippen LogP contribution in [0.2, 0.25) is 0 Å². The third-order valence-electron chi connectivity index (χ3n) is 3.63. The normalized spacial score (nSPS) is 11.9. The molecule has 1 aromatic carbocycles.